The first-order valence-corrected chi connectivity index (χ1v) is 4.41. The van der Waals surface area contributed by atoms with Crippen LogP contribution in [-0.4, -0.2) is 0 Å². The Morgan fingerprint density at radius 2 is 0.706 bits per heavy atom. The third-order valence-electron chi connectivity index (χ3n) is 0.707. The molecule has 0 spiro atoms. The van der Waals surface area contributed by atoms with Crippen molar-refractivity contribution in [3.8, 4) is 0 Å². The number of hydrogen-bond donors (Lipinski definition) is 0. The van der Waals surface area contributed by atoms with E-state index in [1.165, 1.54) is 19.3 Å². The molecule has 17 heavy (non-hydrogen) atoms. The van der Waals surface area contributed by atoms with E-state index < -0.39 is 0 Å². The minimum Gasteiger partial charge on any atom is -0.358 e. The molecule has 0 atom stereocenters. The van der Waals surface area contributed by atoms with Crippen molar-refractivity contribution in [2.75, 3.05) is 0 Å². The maximum absolute atomic E-state index is 2.21. The van der Waals surface area contributed by atoms with Crippen LogP contribution in [0.4, 0.5) is 0 Å². The van der Waals surface area contributed by atoms with E-state index in [1.807, 2.05) is 27.7 Å². The summed E-state index contributed by atoms with van der Waals surface area (Å²) in [7, 11) is 0. The zero-order chi connectivity index (χ0) is 8.12. The van der Waals surface area contributed by atoms with Crippen LogP contribution in [0, 0.1) is 38.5 Å². The summed E-state index contributed by atoms with van der Waals surface area (Å²) in [6.07, 6.45) is 4.08. The molecule has 0 nitrogen and oxygen atoms in total. The van der Waals surface area contributed by atoms with Gasteiger partial charge in [-0.05, 0) is 0 Å². The van der Waals surface area contributed by atoms with Crippen LogP contribution in [-0.2, 0) is 131 Å². The van der Waals surface area contributed by atoms with Crippen LogP contribution in [0.5, 0.6) is 0 Å². The Morgan fingerprint density at radius 1 is 0.588 bits per heavy atom. The average Bonchev–Trinajstić information content (AvgIpc) is 1.98. The van der Waals surface area contributed by atoms with Gasteiger partial charge in [0, 0.05) is 162 Å². The van der Waals surface area contributed by atoms with E-state index in [4.69, 9.17) is 0 Å². The molecule has 100 valence electrons. The summed E-state index contributed by atoms with van der Waals surface area (Å²) in [4.78, 5) is 0. The molecule has 0 aliphatic heterocycles. The van der Waals surface area contributed by atoms with Crippen LogP contribution in [0.3, 0.4) is 0 Å². The maximum atomic E-state index is 2.21. The molecule has 0 N–H and O–H groups in total. The molecular weight excluding hydrogens is 738 g/mol. The van der Waals surface area contributed by atoms with Crippen molar-refractivity contribution in [3.05, 3.63) is 7.43 Å². The summed E-state index contributed by atoms with van der Waals surface area (Å²) in [6.45, 7) is 12.4. The van der Waals surface area contributed by atoms with Crippen molar-refractivity contribution in [3.63, 3.8) is 0 Å². The Labute approximate surface area is 239 Å². The monoisotopic (exact) mass is 773 g/mol. The smallest absolute Gasteiger partial charge is 0 e. The van der Waals surface area contributed by atoms with Crippen molar-refractivity contribution >= 4 is 0 Å². The minimum atomic E-state index is 0. The predicted octanol–water partition coefficient (Wildman–Crippen LogP) is 5.96. The Kier molecular flexibility index (Phi) is 581. The molecule has 4 radical (unpaired) electrons. The Bertz CT molecular complexity index is 26.0. The van der Waals surface area contributed by atoms with Crippen LogP contribution in [0.1, 0.15) is 75.7 Å². The summed E-state index contributed by atoms with van der Waals surface area (Å²) in [5.41, 5.74) is 0. The third kappa shape index (κ3) is 146. The summed E-state index contributed by atoms with van der Waals surface area (Å²) >= 11 is 0. The number of hydrogen-bond acceptors (Lipinski definition) is 0. The van der Waals surface area contributed by atoms with Crippen LogP contribution >= 0.6 is 0 Å². The molecule has 0 aliphatic carbocycles. The number of unbranched alkanes of at least 4 members (excludes halogenated alkanes) is 2. The maximum Gasteiger partial charge on any atom is 0 e. The summed E-state index contributed by atoms with van der Waals surface area (Å²) in [5, 5.41) is 0. The first-order chi connectivity index (χ1) is 4.41. The van der Waals surface area contributed by atoms with Gasteiger partial charge in [0.25, 0.3) is 0 Å². The topological polar surface area (TPSA) is 0 Å². The fourth-order valence-electron chi connectivity index (χ4n) is 0.354. The zero-order valence-electron chi connectivity index (χ0n) is 11.9. The third-order valence-corrected chi connectivity index (χ3v) is 0.707. The fraction of sp³-hybridized carbons (Fsp3) is 0.917. The van der Waals surface area contributed by atoms with E-state index in [0.717, 1.165) is 0 Å². The van der Waals surface area contributed by atoms with Gasteiger partial charge in [0.05, 0.1) is 0 Å². The van der Waals surface area contributed by atoms with Crippen LogP contribution in [0.2, 0.25) is 0 Å². The fourth-order valence-corrected chi connectivity index (χ4v) is 0.354. The molecule has 0 fully saturated rings. The van der Waals surface area contributed by atoms with E-state index in [-0.39, 0.29) is 184 Å². The SMILES string of the molecule is C.C.CC.CC.CCCCC.[CH3-].[U].[Y].[Y].[Y].[Y]. The van der Waals surface area contributed by atoms with Gasteiger partial charge in [-0.3, -0.25) is 0 Å². The van der Waals surface area contributed by atoms with Gasteiger partial charge in [0.2, 0.25) is 0 Å². The molecule has 0 rings (SSSR count). The van der Waals surface area contributed by atoms with Gasteiger partial charge >= 0.3 is 0 Å². The molecule has 0 aliphatic rings. The van der Waals surface area contributed by atoms with E-state index in [9.17, 15) is 0 Å². The van der Waals surface area contributed by atoms with Gasteiger partial charge in [-0.1, -0.05) is 75.7 Å². The van der Waals surface area contributed by atoms with E-state index in [2.05, 4.69) is 13.8 Å². The number of rotatable bonds is 2. The second-order valence-electron chi connectivity index (χ2n) is 1.35. The molecule has 0 saturated heterocycles. The Balaban J connectivity index is -0.00000000311. The summed E-state index contributed by atoms with van der Waals surface area (Å²) in [6, 6.07) is 0. The first kappa shape index (κ1) is 78.7. The Morgan fingerprint density at radius 3 is 0.706 bits per heavy atom. The van der Waals surface area contributed by atoms with E-state index in [1.54, 1.807) is 0 Å². The second-order valence-corrected chi connectivity index (χ2v) is 1.35. The van der Waals surface area contributed by atoms with Crippen molar-refractivity contribution in [2.45, 2.75) is 75.7 Å². The van der Waals surface area contributed by atoms with Crippen molar-refractivity contribution in [2.24, 2.45) is 0 Å². The minimum absolute atomic E-state index is 0. The quantitative estimate of drug-likeness (QED) is 0.305. The summed E-state index contributed by atoms with van der Waals surface area (Å²) < 4.78 is 0. The van der Waals surface area contributed by atoms with Crippen LogP contribution < -0.4 is 0 Å². The molecule has 0 bridgehead atoms. The van der Waals surface area contributed by atoms with Gasteiger partial charge < -0.3 is 7.43 Å². The van der Waals surface area contributed by atoms with E-state index >= 15 is 0 Å². The molecule has 0 aromatic rings. The normalized spacial score (nSPS) is 3.18. The van der Waals surface area contributed by atoms with Crippen molar-refractivity contribution in [1.29, 1.82) is 0 Å². The van der Waals surface area contributed by atoms with Gasteiger partial charge in [-0.2, -0.15) is 0 Å². The van der Waals surface area contributed by atoms with Crippen molar-refractivity contribution in [1.82, 2.24) is 0 Å². The molecular formula is C12H35UY4-. The van der Waals surface area contributed by atoms with Gasteiger partial charge in [0.1, 0.15) is 0 Å². The summed E-state index contributed by atoms with van der Waals surface area (Å²) in [5.74, 6) is 0. The molecule has 0 amide bonds. The van der Waals surface area contributed by atoms with Crippen LogP contribution in [0.15, 0.2) is 0 Å². The second kappa shape index (κ2) is 125. The zero-order valence-corrected chi connectivity index (χ0v) is 27.4. The molecule has 0 heterocycles. The standard InChI is InChI=1S/C5H12.2C2H6.2CH4.CH3.U.4Y/c1-3-5-4-2;2*1-2;;;;;;;;/h3-5H2,1-2H3;2*1-2H3;2*1H4;1H3;;;;;/q;;;;;-1;;;;;. The predicted molar refractivity (Wildman–Crippen MR) is 67.8 cm³/mol. The van der Waals surface area contributed by atoms with Gasteiger partial charge in [-0.15, -0.1) is 0 Å². The molecule has 0 saturated carbocycles. The first-order valence-electron chi connectivity index (χ1n) is 4.41. The molecule has 5 heteroatoms. The molecule has 0 aromatic carbocycles. The van der Waals surface area contributed by atoms with E-state index in [0.29, 0.717) is 0 Å². The average molecular weight is 773 g/mol. The molecule has 0 unspecified atom stereocenters. The van der Waals surface area contributed by atoms with Gasteiger partial charge in [-0.25, -0.2) is 0 Å². The Hall–Kier alpha value is 5.47. The van der Waals surface area contributed by atoms with Crippen molar-refractivity contribution < 1.29 is 162 Å². The van der Waals surface area contributed by atoms with Crippen LogP contribution in [0.25, 0.3) is 0 Å². The van der Waals surface area contributed by atoms with Gasteiger partial charge in [0.15, 0.2) is 0 Å². The molecule has 0 aromatic heterocycles. The largest absolute Gasteiger partial charge is 0.358 e.